The Morgan fingerprint density at radius 1 is 1.80 bits per heavy atom. The molecule has 0 spiro atoms. The maximum atomic E-state index is 10.8. The Morgan fingerprint density at radius 2 is 2.60 bits per heavy atom. The fourth-order valence-electron chi connectivity index (χ4n) is 1.45. The molecule has 62 valence electrons. The van der Waals surface area contributed by atoms with Crippen molar-refractivity contribution in [2.24, 2.45) is 0 Å². The molecular formula is C8H19NO. The van der Waals surface area contributed by atoms with Gasteiger partial charge in [-0.3, -0.25) is 4.79 Å². The lowest BCUT2D eigenvalue weighted by Crippen LogP contribution is -2.38. The second-order valence-corrected chi connectivity index (χ2v) is 2.95. The van der Waals surface area contributed by atoms with Gasteiger partial charge in [-0.05, 0) is 19.3 Å². The molecule has 2 heteroatoms. The van der Waals surface area contributed by atoms with E-state index in [1.807, 2.05) is 0 Å². The van der Waals surface area contributed by atoms with Gasteiger partial charge in [-0.2, -0.15) is 0 Å². The molecule has 10 heavy (non-hydrogen) atoms. The molecule has 0 unspecified atom stereocenters. The molecule has 0 aliphatic carbocycles. The molecule has 1 N–H and O–H groups in total. The Balaban J connectivity index is 0. The average Bonchev–Trinajstić information content (AvgIpc) is 1.88. The molecule has 0 aromatic rings. The zero-order chi connectivity index (χ0) is 7.40. The fraction of sp³-hybridized carbons (Fsp3) is 0.875. The standard InChI is InChI=1S/C8H15NO.2H2/c1-2-4-7-5-3-6-8(10)9-7;;/h7H,2-6H2,1H3,(H,9,10);2*1H/t7-;;/m1../s1. The second kappa shape index (κ2) is 3.59. The van der Waals surface area contributed by atoms with Crippen molar-refractivity contribution < 1.29 is 7.65 Å². The first kappa shape index (κ1) is 7.58. The van der Waals surface area contributed by atoms with Crippen LogP contribution in [-0.4, -0.2) is 11.9 Å². The molecule has 1 atom stereocenters. The van der Waals surface area contributed by atoms with Crippen molar-refractivity contribution in [2.45, 2.75) is 45.1 Å². The smallest absolute Gasteiger partial charge is 0.220 e. The van der Waals surface area contributed by atoms with Crippen LogP contribution in [0.15, 0.2) is 0 Å². The lowest BCUT2D eigenvalue weighted by atomic mass is 10.0. The molecule has 1 rings (SSSR count). The van der Waals surface area contributed by atoms with Crippen molar-refractivity contribution in [3.63, 3.8) is 0 Å². The van der Waals surface area contributed by atoms with Gasteiger partial charge in [0.1, 0.15) is 0 Å². The summed E-state index contributed by atoms with van der Waals surface area (Å²) >= 11 is 0. The largest absolute Gasteiger partial charge is 0.353 e. The van der Waals surface area contributed by atoms with Gasteiger partial charge in [0.05, 0.1) is 0 Å². The molecule has 0 aromatic heterocycles. The van der Waals surface area contributed by atoms with Gasteiger partial charge in [0.15, 0.2) is 0 Å². The van der Waals surface area contributed by atoms with Crippen LogP contribution in [0.2, 0.25) is 0 Å². The number of rotatable bonds is 2. The van der Waals surface area contributed by atoms with Gasteiger partial charge >= 0.3 is 0 Å². The van der Waals surface area contributed by atoms with E-state index in [-0.39, 0.29) is 8.76 Å². The van der Waals surface area contributed by atoms with Crippen molar-refractivity contribution >= 4 is 5.91 Å². The zero-order valence-electron chi connectivity index (χ0n) is 6.52. The average molecular weight is 145 g/mol. The van der Waals surface area contributed by atoms with Crippen molar-refractivity contribution in [3.8, 4) is 0 Å². The highest BCUT2D eigenvalue weighted by atomic mass is 16.1. The molecule has 0 saturated carbocycles. The van der Waals surface area contributed by atoms with Crippen LogP contribution in [-0.2, 0) is 4.79 Å². The first-order valence-electron chi connectivity index (χ1n) is 4.12. The van der Waals surface area contributed by atoms with Crippen molar-refractivity contribution in [2.75, 3.05) is 0 Å². The van der Waals surface area contributed by atoms with Gasteiger partial charge in [-0.1, -0.05) is 13.3 Å². The van der Waals surface area contributed by atoms with Crippen LogP contribution in [0, 0.1) is 0 Å². The van der Waals surface area contributed by atoms with Gasteiger partial charge in [0.2, 0.25) is 5.91 Å². The first-order valence-corrected chi connectivity index (χ1v) is 4.12. The third-order valence-corrected chi connectivity index (χ3v) is 1.96. The monoisotopic (exact) mass is 145 g/mol. The van der Waals surface area contributed by atoms with E-state index >= 15 is 0 Å². The van der Waals surface area contributed by atoms with Crippen molar-refractivity contribution in [1.82, 2.24) is 5.32 Å². The number of hydrogen-bond donors (Lipinski definition) is 1. The normalized spacial score (nSPS) is 26.1. The third-order valence-electron chi connectivity index (χ3n) is 1.96. The highest BCUT2D eigenvalue weighted by Gasteiger charge is 2.16. The zero-order valence-corrected chi connectivity index (χ0v) is 6.52. The Labute approximate surface area is 65.0 Å². The molecule has 1 saturated heterocycles. The first-order chi connectivity index (χ1) is 4.83. The summed E-state index contributed by atoms with van der Waals surface area (Å²) in [6.07, 6.45) is 5.31. The summed E-state index contributed by atoms with van der Waals surface area (Å²) in [4.78, 5) is 10.8. The minimum Gasteiger partial charge on any atom is -0.353 e. The number of nitrogens with one attached hydrogen (secondary N) is 1. The number of piperidine rings is 1. The van der Waals surface area contributed by atoms with Gasteiger partial charge in [-0.25, -0.2) is 0 Å². The molecule has 0 radical (unpaired) electrons. The maximum Gasteiger partial charge on any atom is 0.220 e. The van der Waals surface area contributed by atoms with Crippen molar-refractivity contribution in [3.05, 3.63) is 0 Å². The van der Waals surface area contributed by atoms with Crippen LogP contribution < -0.4 is 5.32 Å². The van der Waals surface area contributed by atoms with Crippen LogP contribution in [0.1, 0.15) is 41.9 Å². The van der Waals surface area contributed by atoms with E-state index in [1.165, 1.54) is 12.8 Å². The van der Waals surface area contributed by atoms with Crippen LogP contribution in [0.4, 0.5) is 0 Å². The van der Waals surface area contributed by atoms with E-state index in [0.717, 1.165) is 19.3 Å². The molecule has 0 bridgehead atoms. The summed E-state index contributed by atoms with van der Waals surface area (Å²) in [6, 6.07) is 0.478. The molecule has 1 fully saturated rings. The highest BCUT2D eigenvalue weighted by molar-refractivity contribution is 5.76. The van der Waals surface area contributed by atoms with E-state index in [1.54, 1.807) is 0 Å². The molecule has 1 aliphatic rings. The third kappa shape index (κ3) is 2.01. The number of carbonyl (C=O) groups excluding carboxylic acids is 1. The second-order valence-electron chi connectivity index (χ2n) is 2.95. The van der Waals surface area contributed by atoms with Crippen LogP contribution in [0.5, 0.6) is 0 Å². The number of carbonyl (C=O) groups is 1. The quantitative estimate of drug-likeness (QED) is 0.632. The minimum atomic E-state index is 0. The fourth-order valence-corrected chi connectivity index (χ4v) is 1.45. The van der Waals surface area contributed by atoms with Gasteiger partial charge < -0.3 is 5.32 Å². The van der Waals surface area contributed by atoms with E-state index < -0.39 is 0 Å². The SMILES string of the molecule is CCC[C@@H]1CCCC(=O)N1.[HH].[HH]. The van der Waals surface area contributed by atoms with Crippen LogP contribution >= 0.6 is 0 Å². The van der Waals surface area contributed by atoms with Crippen LogP contribution in [0.25, 0.3) is 0 Å². The molecule has 1 heterocycles. The van der Waals surface area contributed by atoms with E-state index in [2.05, 4.69) is 12.2 Å². The predicted molar refractivity (Wildman–Crippen MR) is 44.9 cm³/mol. The molecule has 0 aromatic carbocycles. The van der Waals surface area contributed by atoms with E-state index in [9.17, 15) is 4.79 Å². The number of amides is 1. The van der Waals surface area contributed by atoms with Crippen molar-refractivity contribution in [1.29, 1.82) is 0 Å². The van der Waals surface area contributed by atoms with E-state index in [0.29, 0.717) is 6.04 Å². The van der Waals surface area contributed by atoms with Gasteiger partial charge in [-0.15, -0.1) is 0 Å². The Morgan fingerprint density at radius 3 is 3.20 bits per heavy atom. The summed E-state index contributed by atoms with van der Waals surface area (Å²) in [6.45, 7) is 2.15. The van der Waals surface area contributed by atoms with Gasteiger partial charge in [0.25, 0.3) is 0 Å². The summed E-state index contributed by atoms with van der Waals surface area (Å²) in [5.41, 5.74) is 0. The number of hydrogen-bond acceptors (Lipinski definition) is 1. The molecule has 2 nitrogen and oxygen atoms in total. The maximum absolute atomic E-state index is 10.8. The Kier molecular flexibility index (Phi) is 2.72. The summed E-state index contributed by atoms with van der Waals surface area (Å²) in [7, 11) is 0. The summed E-state index contributed by atoms with van der Waals surface area (Å²) in [5.74, 6) is 0.240. The topological polar surface area (TPSA) is 29.1 Å². The lowest BCUT2D eigenvalue weighted by Gasteiger charge is -2.22. The predicted octanol–water partition coefficient (Wildman–Crippen LogP) is 1.95. The molecular weight excluding hydrogens is 126 g/mol. The minimum absolute atomic E-state index is 0. The highest BCUT2D eigenvalue weighted by Crippen LogP contribution is 2.11. The molecule has 1 aliphatic heterocycles. The molecule has 1 amide bonds. The summed E-state index contributed by atoms with van der Waals surface area (Å²) in [5, 5.41) is 2.98. The van der Waals surface area contributed by atoms with Crippen LogP contribution in [0.3, 0.4) is 0 Å². The summed E-state index contributed by atoms with van der Waals surface area (Å²) < 4.78 is 0. The van der Waals surface area contributed by atoms with Gasteiger partial charge in [0, 0.05) is 15.3 Å². The Hall–Kier alpha value is -0.530. The lowest BCUT2D eigenvalue weighted by molar-refractivity contribution is -0.123. The van der Waals surface area contributed by atoms with E-state index in [4.69, 9.17) is 0 Å². The Bertz CT molecular complexity index is 128.